The highest BCUT2D eigenvalue weighted by Crippen LogP contribution is 2.20. The first-order valence-electron chi connectivity index (χ1n) is 9.72. The molecule has 1 N–H and O–H groups in total. The summed E-state index contributed by atoms with van der Waals surface area (Å²) >= 11 is 1.37. The van der Waals surface area contributed by atoms with Gasteiger partial charge in [0.2, 0.25) is 5.91 Å². The Bertz CT molecular complexity index is 954. The van der Waals surface area contributed by atoms with Crippen LogP contribution in [0.2, 0.25) is 0 Å². The van der Waals surface area contributed by atoms with E-state index in [1.165, 1.54) is 17.3 Å². The minimum absolute atomic E-state index is 0.0672. The summed E-state index contributed by atoms with van der Waals surface area (Å²) in [7, 11) is 0. The Labute approximate surface area is 175 Å². The minimum atomic E-state index is -0.0672. The molecule has 0 aliphatic rings. The van der Waals surface area contributed by atoms with Crippen molar-refractivity contribution in [2.75, 3.05) is 11.1 Å². The van der Waals surface area contributed by atoms with Crippen LogP contribution in [0.1, 0.15) is 30.8 Å². The van der Waals surface area contributed by atoms with Crippen LogP contribution in [0.5, 0.6) is 5.75 Å². The van der Waals surface area contributed by atoms with Crippen molar-refractivity contribution in [2.24, 2.45) is 0 Å². The molecular formula is C22H26N4O2S. The molecule has 0 saturated heterocycles. The standard InChI is InChI=1S/C22H26N4O2S/c1-4-17-9-11-18(12-10-17)23-21(27)15-29-22-25-24-20(26(22)5-2)14-28-19-8-6-7-16(3)13-19/h6-13H,4-5,14-15H2,1-3H3,(H,23,27). The van der Waals surface area contributed by atoms with E-state index in [1.54, 1.807) is 0 Å². The van der Waals surface area contributed by atoms with Crippen molar-refractivity contribution >= 4 is 23.4 Å². The monoisotopic (exact) mass is 410 g/mol. The number of benzene rings is 2. The number of hydrogen-bond donors (Lipinski definition) is 1. The maximum Gasteiger partial charge on any atom is 0.234 e. The predicted molar refractivity (Wildman–Crippen MR) is 116 cm³/mol. The summed E-state index contributed by atoms with van der Waals surface area (Å²) in [6.45, 7) is 7.20. The van der Waals surface area contributed by atoms with Gasteiger partial charge in [-0.05, 0) is 55.7 Å². The molecule has 0 aliphatic carbocycles. The number of aryl methyl sites for hydroxylation is 2. The van der Waals surface area contributed by atoms with E-state index in [0.29, 0.717) is 18.3 Å². The fourth-order valence-corrected chi connectivity index (χ4v) is 3.68. The fraction of sp³-hybridized carbons (Fsp3) is 0.318. The number of hydrogen-bond acceptors (Lipinski definition) is 5. The molecule has 1 aromatic heterocycles. The van der Waals surface area contributed by atoms with Gasteiger partial charge in [0.1, 0.15) is 12.4 Å². The summed E-state index contributed by atoms with van der Waals surface area (Å²) in [4.78, 5) is 12.3. The van der Waals surface area contributed by atoms with Gasteiger partial charge in [0, 0.05) is 12.2 Å². The topological polar surface area (TPSA) is 69.0 Å². The summed E-state index contributed by atoms with van der Waals surface area (Å²) < 4.78 is 7.82. The number of thioether (sulfide) groups is 1. The predicted octanol–water partition coefficient (Wildman–Crippen LogP) is 4.48. The lowest BCUT2D eigenvalue weighted by Crippen LogP contribution is -2.15. The van der Waals surface area contributed by atoms with Crippen molar-refractivity contribution in [1.82, 2.24) is 14.8 Å². The molecular weight excluding hydrogens is 384 g/mol. The number of nitrogens with one attached hydrogen (secondary N) is 1. The number of carbonyl (C=O) groups excluding carboxylic acids is 1. The highest BCUT2D eigenvalue weighted by molar-refractivity contribution is 7.99. The van der Waals surface area contributed by atoms with E-state index in [1.807, 2.05) is 66.9 Å². The molecule has 0 spiro atoms. The second kappa shape index (κ2) is 10.1. The lowest BCUT2D eigenvalue weighted by atomic mass is 10.1. The third kappa shape index (κ3) is 5.84. The van der Waals surface area contributed by atoms with E-state index in [0.717, 1.165) is 29.2 Å². The highest BCUT2D eigenvalue weighted by Gasteiger charge is 2.14. The van der Waals surface area contributed by atoms with Crippen LogP contribution in [0.15, 0.2) is 53.7 Å². The quantitative estimate of drug-likeness (QED) is 0.527. The van der Waals surface area contributed by atoms with Crippen molar-refractivity contribution in [2.45, 2.75) is 45.5 Å². The summed E-state index contributed by atoms with van der Waals surface area (Å²) in [6, 6.07) is 15.8. The first kappa shape index (κ1) is 20.9. The van der Waals surface area contributed by atoms with Crippen LogP contribution >= 0.6 is 11.8 Å². The highest BCUT2D eigenvalue weighted by atomic mass is 32.2. The van der Waals surface area contributed by atoms with E-state index in [4.69, 9.17) is 4.74 Å². The summed E-state index contributed by atoms with van der Waals surface area (Å²) in [5.74, 6) is 1.75. The number of rotatable bonds is 9. The normalized spacial score (nSPS) is 10.7. The van der Waals surface area contributed by atoms with Gasteiger partial charge in [-0.1, -0.05) is 43.0 Å². The molecule has 1 amide bonds. The minimum Gasteiger partial charge on any atom is -0.486 e. The molecule has 1 heterocycles. The van der Waals surface area contributed by atoms with Gasteiger partial charge in [0.25, 0.3) is 0 Å². The molecule has 0 atom stereocenters. The number of ether oxygens (including phenoxy) is 1. The molecule has 0 bridgehead atoms. The largest absolute Gasteiger partial charge is 0.486 e. The van der Waals surface area contributed by atoms with E-state index in [2.05, 4.69) is 22.4 Å². The Morgan fingerprint density at radius 3 is 2.62 bits per heavy atom. The van der Waals surface area contributed by atoms with Crippen molar-refractivity contribution < 1.29 is 9.53 Å². The molecule has 2 aromatic carbocycles. The number of anilines is 1. The Balaban J connectivity index is 1.55. The maximum absolute atomic E-state index is 12.3. The maximum atomic E-state index is 12.3. The SMILES string of the molecule is CCc1ccc(NC(=O)CSc2nnc(COc3cccc(C)c3)n2CC)cc1. The van der Waals surface area contributed by atoms with Crippen LogP contribution in [0.3, 0.4) is 0 Å². The Morgan fingerprint density at radius 1 is 1.14 bits per heavy atom. The number of carbonyl (C=O) groups is 1. The van der Waals surface area contributed by atoms with Gasteiger partial charge in [-0.3, -0.25) is 4.79 Å². The molecule has 0 radical (unpaired) electrons. The molecule has 0 fully saturated rings. The first-order valence-corrected chi connectivity index (χ1v) is 10.7. The number of amides is 1. The van der Waals surface area contributed by atoms with Gasteiger partial charge in [-0.25, -0.2) is 0 Å². The summed E-state index contributed by atoms with van der Waals surface area (Å²) in [5.41, 5.74) is 3.19. The van der Waals surface area contributed by atoms with Gasteiger partial charge in [0.15, 0.2) is 11.0 Å². The van der Waals surface area contributed by atoms with Gasteiger partial charge in [-0.15, -0.1) is 10.2 Å². The third-order valence-corrected chi connectivity index (χ3v) is 5.41. The molecule has 152 valence electrons. The molecule has 29 heavy (non-hydrogen) atoms. The van der Waals surface area contributed by atoms with E-state index < -0.39 is 0 Å². The molecule has 3 rings (SSSR count). The van der Waals surface area contributed by atoms with Crippen molar-refractivity contribution in [1.29, 1.82) is 0 Å². The Kier molecular flexibility index (Phi) is 7.30. The summed E-state index contributed by atoms with van der Waals surface area (Å²) in [5, 5.41) is 12.1. The van der Waals surface area contributed by atoms with Crippen LogP contribution in [0.25, 0.3) is 0 Å². The zero-order valence-electron chi connectivity index (χ0n) is 17.0. The molecule has 6 nitrogen and oxygen atoms in total. The molecule has 3 aromatic rings. The van der Waals surface area contributed by atoms with Crippen LogP contribution in [0.4, 0.5) is 5.69 Å². The van der Waals surface area contributed by atoms with Crippen LogP contribution in [-0.4, -0.2) is 26.4 Å². The Morgan fingerprint density at radius 2 is 1.93 bits per heavy atom. The van der Waals surface area contributed by atoms with Crippen LogP contribution in [-0.2, 0) is 24.4 Å². The van der Waals surface area contributed by atoms with E-state index >= 15 is 0 Å². The molecule has 7 heteroatoms. The third-order valence-electron chi connectivity index (χ3n) is 4.45. The fourth-order valence-electron chi connectivity index (χ4n) is 2.85. The van der Waals surface area contributed by atoms with Gasteiger partial charge in [0.05, 0.1) is 5.75 Å². The average Bonchev–Trinajstić information content (AvgIpc) is 3.13. The Hall–Kier alpha value is -2.80. The van der Waals surface area contributed by atoms with Crippen molar-refractivity contribution in [3.8, 4) is 5.75 Å². The average molecular weight is 411 g/mol. The van der Waals surface area contributed by atoms with Gasteiger partial charge < -0.3 is 14.6 Å². The lowest BCUT2D eigenvalue weighted by molar-refractivity contribution is -0.113. The number of nitrogens with zero attached hydrogens (tertiary/aromatic N) is 3. The first-order chi connectivity index (χ1) is 14.1. The zero-order valence-corrected chi connectivity index (χ0v) is 17.8. The summed E-state index contributed by atoms with van der Waals surface area (Å²) in [6.07, 6.45) is 0.979. The molecule has 0 aliphatic heterocycles. The van der Waals surface area contributed by atoms with Crippen LogP contribution < -0.4 is 10.1 Å². The van der Waals surface area contributed by atoms with Gasteiger partial charge >= 0.3 is 0 Å². The molecule has 0 saturated carbocycles. The smallest absolute Gasteiger partial charge is 0.234 e. The molecule has 0 unspecified atom stereocenters. The lowest BCUT2D eigenvalue weighted by Gasteiger charge is -2.09. The van der Waals surface area contributed by atoms with Crippen molar-refractivity contribution in [3.05, 3.63) is 65.5 Å². The second-order valence-corrected chi connectivity index (χ2v) is 7.58. The van der Waals surface area contributed by atoms with Crippen molar-refractivity contribution in [3.63, 3.8) is 0 Å². The van der Waals surface area contributed by atoms with Gasteiger partial charge in [-0.2, -0.15) is 0 Å². The zero-order chi connectivity index (χ0) is 20.6. The second-order valence-electron chi connectivity index (χ2n) is 6.64. The van der Waals surface area contributed by atoms with E-state index in [9.17, 15) is 4.79 Å². The number of aromatic nitrogens is 3. The van der Waals surface area contributed by atoms with E-state index in [-0.39, 0.29) is 11.7 Å². The van der Waals surface area contributed by atoms with Crippen LogP contribution in [0, 0.1) is 6.92 Å².